The second-order valence-electron chi connectivity index (χ2n) is 11.5. The zero-order valence-electron chi connectivity index (χ0n) is 27.2. The molecule has 4 aliphatic rings. The molecule has 0 spiro atoms. The number of urea groups is 4. The number of amides is 8. The molecular formula is C28H52N8O4S8. The highest BCUT2D eigenvalue weighted by atomic mass is 32.1. The van der Waals surface area contributed by atoms with Gasteiger partial charge in [-0.3, -0.25) is 39.2 Å². The summed E-state index contributed by atoms with van der Waals surface area (Å²) >= 11 is 34.1. The van der Waals surface area contributed by atoms with E-state index in [4.69, 9.17) is 0 Å². The smallest absolute Gasteiger partial charge is 0.300 e. The Hall–Kier alpha value is -0.120. The number of rotatable bonds is 20. The molecule has 0 aromatic rings. The third kappa shape index (κ3) is 9.26. The Morgan fingerprint density at radius 1 is 0.292 bits per heavy atom. The van der Waals surface area contributed by atoms with Crippen molar-refractivity contribution >= 4 is 125 Å². The minimum atomic E-state index is -0.279. The van der Waals surface area contributed by atoms with Crippen LogP contribution >= 0.6 is 101 Å². The van der Waals surface area contributed by atoms with Gasteiger partial charge in [0.2, 0.25) is 0 Å². The Labute approximate surface area is 330 Å². The van der Waals surface area contributed by atoms with Crippen molar-refractivity contribution in [1.82, 2.24) is 39.2 Å². The van der Waals surface area contributed by atoms with Crippen molar-refractivity contribution in [3.05, 3.63) is 0 Å². The molecule has 8 amide bonds. The summed E-state index contributed by atoms with van der Waals surface area (Å²) < 4.78 is 0. The lowest BCUT2D eigenvalue weighted by Gasteiger charge is -2.30. The summed E-state index contributed by atoms with van der Waals surface area (Å²) in [4.78, 5) is 65.9. The predicted octanol–water partition coefficient (Wildman–Crippen LogP) is 3.23. The van der Waals surface area contributed by atoms with Crippen LogP contribution in [-0.2, 0) is 0 Å². The molecule has 4 heterocycles. The van der Waals surface area contributed by atoms with Crippen molar-refractivity contribution in [1.29, 1.82) is 0 Å². The van der Waals surface area contributed by atoms with Crippen molar-refractivity contribution in [2.24, 2.45) is 0 Å². The van der Waals surface area contributed by atoms with Crippen LogP contribution in [-0.4, -0.2) is 186 Å². The highest BCUT2D eigenvalue weighted by Crippen LogP contribution is 2.37. The summed E-state index contributed by atoms with van der Waals surface area (Å²) in [6.45, 7) is 4.51. The Morgan fingerprint density at radius 3 is 0.604 bits per heavy atom. The van der Waals surface area contributed by atoms with Gasteiger partial charge in [-0.25, -0.2) is 19.2 Å². The molecule has 4 saturated heterocycles. The Morgan fingerprint density at radius 2 is 0.458 bits per heavy atom. The third-order valence-corrected chi connectivity index (χ3v) is 10.7. The molecule has 48 heavy (non-hydrogen) atoms. The van der Waals surface area contributed by atoms with Gasteiger partial charge >= 0.3 is 24.1 Å². The number of hydrogen-bond acceptors (Lipinski definition) is 12. The number of thiol groups is 8. The van der Waals surface area contributed by atoms with E-state index in [2.05, 4.69) is 101 Å². The fourth-order valence-electron chi connectivity index (χ4n) is 6.74. The van der Waals surface area contributed by atoms with Gasteiger partial charge in [-0.15, -0.1) is 0 Å². The maximum atomic E-state index is 13.1. The van der Waals surface area contributed by atoms with Gasteiger partial charge in [0.25, 0.3) is 0 Å². The largest absolute Gasteiger partial charge is 0.323 e. The maximum Gasteiger partial charge on any atom is 0.323 e. The molecule has 0 N–H and O–H groups in total. The molecule has 0 atom stereocenters. The van der Waals surface area contributed by atoms with Crippen LogP contribution in [0.3, 0.4) is 0 Å². The quantitative estimate of drug-likeness (QED) is 0.0908. The van der Waals surface area contributed by atoms with Crippen LogP contribution in [0.5, 0.6) is 0 Å². The van der Waals surface area contributed by atoms with Gasteiger partial charge in [-0.1, -0.05) is 0 Å². The van der Waals surface area contributed by atoms with Crippen molar-refractivity contribution in [3.63, 3.8) is 0 Å². The summed E-state index contributed by atoms with van der Waals surface area (Å²) in [5.74, 6) is 5.08. The van der Waals surface area contributed by atoms with Gasteiger partial charge in [0.1, 0.15) is 24.7 Å². The van der Waals surface area contributed by atoms with E-state index >= 15 is 0 Å². The minimum Gasteiger partial charge on any atom is -0.300 e. The van der Waals surface area contributed by atoms with E-state index in [9.17, 15) is 19.2 Å². The van der Waals surface area contributed by atoms with Crippen molar-refractivity contribution in [2.75, 3.05) is 98.4 Å². The van der Waals surface area contributed by atoms with Gasteiger partial charge in [0, 0.05) is 75.4 Å². The van der Waals surface area contributed by atoms with Crippen molar-refractivity contribution < 1.29 is 19.2 Å². The molecule has 0 radical (unpaired) electrons. The van der Waals surface area contributed by atoms with E-state index in [0.29, 0.717) is 98.4 Å². The third-order valence-electron chi connectivity index (χ3n) is 8.65. The van der Waals surface area contributed by atoms with Gasteiger partial charge in [-0.2, -0.15) is 101 Å². The standard InChI is InChI=1S/C16H30N4O2S4.C12H22N4O2S4/c21-15-17(5-1-9-23)13-14(19(15)7-3-11-25)20(8-4-12-26)16(22)18(13)6-2-10-24;17-11-13(1-5-19)9-10(15(11)3-7-21)16(4-8-22)12(18)14(9)2-6-20/h13-14,23-26H,1-12H2;9-10,19-22H,1-8H2. The molecule has 20 heteroatoms. The highest BCUT2D eigenvalue weighted by Gasteiger charge is 2.59. The molecule has 12 nitrogen and oxygen atoms in total. The minimum absolute atomic E-state index is 0.0165. The van der Waals surface area contributed by atoms with Crippen molar-refractivity contribution in [2.45, 2.75) is 50.3 Å². The normalized spacial score (nSPS) is 23.7. The lowest BCUT2D eigenvalue weighted by molar-refractivity contribution is 0.125. The maximum absolute atomic E-state index is 13.1. The second-order valence-corrected chi connectivity index (χ2v) is 15.1. The van der Waals surface area contributed by atoms with E-state index in [1.807, 2.05) is 19.6 Å². The lowest BCUT2D eigenvalue weighted by atomic mass is 10.3. The number of hydrogen-bond donors (Lipinski definition) is 8. The number of carbonyl (C=O) groups excluding carboxylic acids is 4. The first-order valence-electron chi connectivity index (χ1n) is 16.4. The first-order chi connectivity index (χ1) is 23.2. The summed E-state index contributed by atoms with van der Waals surface area (Å²) in [5.41, 5.74) is 0. The first-order valence-corrected chi connectivity index (χ1v) is 21.5. The number of carbonyl (C=O) groups is 4. The van der Waals surface area contributed by atoms with E-state index < -0.39 is 0 Å². The Balaban J connectivity index is 0.000000264. The fraction of sp³-hybridized carbons (Fsp3) is 0.857. The van der Waals surface area contributed by atoms with Crippen LogP contribution in [0.2, 0.25) is 0 Å². The van der Waals surface area contributed by atoms with Gasteiger partial charge in [0.15, 0.2) is 0 Å². The lowest BCUT2D eigenvalue weighted by Crippen LogP contribution is -2.48. The van der Waals surface area contributed by atoms with E-state index in [1.54, 1.807) is 19.6 Å². The fourth-order valence-corrected chi connectivity index (χ4v) is 8.17. The van der Waals surface area contributed by atoms with E-state index in [0.717, 1.165) is 25.7 Å². The first kappa shape index (κ1) is 42.3. The SMILES string of the molecule is O=C1N(CCCS)C2C(N1CCCS)N(CCCS)C(=O)N2CCCS.O=C1N(CCS)C2C(N1CCS)N(CCS)C(=O)N2CCS. The molecule has 4 rings (SSSR count). The van der Waals surface area contributed by atoms with Crippen LogP contribution in [0.15, 0.2) is 0 Å². The zero-order valence-corrected chi connectivity index (χ0v) is 34.4. The Bertz CT molecular complexity index is 925. The van der Waals surface area contributed by atoms with E-state index in [1.165, 1.54) is 0 Å². The average Bonchev–Trinajstić information content (AvgIpc) is 3.69. The molecule has 0 aromatic carbocycles. The molecule has 4 fully saturated rings. The predicted molar refractivity (Wildman–Crippen MR) is 220 cm³/mol. The molecule has 0 bridgehead atoms. The monoisotopic (exact) mass is 820 g/mol. The second kappa shape index (κ2) is 21.4. The molecule has 0 aromatic heterocycles. The van der Waals surface area contributed by atoms with Crippen LogP contribution < -0.4 is 0 Å². The molecule has 4 aliphatic heterocycles. The van der Waals surface area contributed by atoms with Crippen LogP contribution in [0, 0.1) is 0 Å². The van der Waals surface area contributed by atoms with Gasteiger partial charge in [-0.05, 0) is 48.7 Å². The Kier molecular flexibility index (Phi) is 18.9. The van der Waals surface area contributed by atoms with Crippen LogP contribution in [0.4, 0.5) is 19.2 Å². The van der Waals surface area contributed by atoms with Gasteiger partial charge < -0.3 is 0 Å². The van der Waals surface area contributed by atoms with E-state index in [-0.39, 0.29) is 48.8 Å². The molecule has 0 unspecified atom stereocenters. The van der Waals surface area contributed by atoms with Gasteiger partial charge in [0.05, 0.1) is 0 Å². The van der Waals surface area contributed by atoms with Crippen LogP contribution in [0.1, 0.15) is 25.7 Å². The molecule has 276 valence electrons. The zero-order chi connectivity index (χ0) is 35.4. The van der Waals surface area contributed by atoms with Crippen LogP contribution in [0.25, 0.3) is 0 Å². The highest BCUT2D eigenvalue weighted by molar-refractivity contribution is 7.81. The summed E-state index contributed by atoms with van der Waals surface area (Å²) in [6.07, 6.45) is 2.23. The number of nitrogens with zero attached hydrogens (tertiary/aromatic N) is 8. The topological polar surface area (TPSA) is 94.2 Å². The number of fused-ring (bicyclic) bond motifs is 2. The molecule has 0 saturated carbocycles. The summed E-state index contributed by atoms with van der Waals surface area (Å²) in [5, 5.41) is 0. The average molecular weight is 821 g/mol. The summed E-state index contributed by atoms with van der Waals surface area (Å²) in [6, 6.07) is -0.0801. The molecular weight excluding hydrogens is 769 g/mol. The van der Waals surface area contributed by atoms with Crippen molar-refractivity contribution in [3.8, 4) is 0 Å². The molecule has 0 aliphatic carbocycles. The summed E-state index contributed by atoms with van der Waals surface area (Å²) in [7, 11) is 0.